The van der Waals surface area contributed by atoms with Crippen molar-refractivity contribution >= 4 is 0 Å². The summed E-state index contributed by atoms with van der Waals surface area (Å²) in [6.45, 7) is 0. The zero-order valence-electron chi connectivity index (χ0n) is 13.9. The van der Waals surface area contributed by atoms with Crippen LogP contribution in [-0.4, -0.2) is 65.3 Å². The van der Waals surface area contributed by atoms with Gasteiger partial charge in [-0.15, -0.1) is 0 Å². The monoisotopic (exact) mass is 340 g/mol. The van der Waals surface area contributed by atoms with Gasteiger partial charge >= 0.3 is 0 Å². The molecule has 0 heterocycles. The van der Waals surface area contributed by atoms with Crippen molar-refractivity contribution in [3.63, 3.8) is 0 Å². The van der Waals surface area contributed by atoms with Gasteiger partial charge in [0.25, 0.3) is 0 Å². The van der Waals surface area contributed by atoms with Gasteiger partial charge in [0.15, 0.2) is 0 Å². The highest BCUT2D eigenvalue weighted by molar-refractivity contribution is 5.60. The molecule has 2 spiro atoms. The van der Waals surface area contributed by atoms with Crippen LogP contribution in [0.1, 0.15) is 64.2 Å². The minimum Gasteiger partial charge on any atom is -0.387 e. The van der Waals surface area contributed by atoms with E-state index in [0.29, 0.717) is 25.7 Å². The molecule has 0 saturated heterocycles. The molecule has 0 aliphatic heterocycles. The maximum Gasteiger partial charge on any atom is 0.137 e. The molecule has 0 aromatic rings. The third-order valence-corrected chi connectivity index (χ3v) is 8.92. The average molecular weight is 340 g/mol. The van der Waals surface area contributed by atoms with Crippen LogP contribution < -0.4 is 0 Å². The van der Waals surface area contributed by atoms with Gasteiger partial charge < -0.3 is 30.6 Å². The molecule has 0 bridgehead atoms. The third-order valence-electron chi connectivity index (χ3n) is 8.92. The number of hydrogen-bond acceptors (Lipinski definition) is 6. The summed E-state index contributed by atoms with van der Waals surface area (Å²) < 4.78 is 0. The summed E-state index contributed by atoms with van der Waals surface area (Å²) in [5.41, 5.74) is -9.84. The van der Waals surface area contributed by atoms with E-state index in [4.69, 9.17) is 0 Å². The maximum atomic E-state index is 11.6. The Morgan fingerprint density at radius 1 is 0.500 bits per heavy atom. The lowest BCUT2D eigenvalue weighted by atomic mass is 9.76. The summed E-state index contributed by atoms with van der Waals surface area (Å²) in [6, 6.07) is 0. The fraction of sp³-hybridized carbons (Fsp3) is 1.00. The Kier molecular flexibility index (Phi) is 2.68. The van der Waals surface area contributed by atoms with E-state index in [1.165, 1.54) is 0 Å². The van der Waals surface area contributed by atoms with Crippen molar-refractivity contribution in [1.29, 1.82) is 0 Å². The fourth-order valence-corrected chi connectivity index (χ4v) is 7.85. The van der Waals surface area contributed by atoms with Gasteiger partial charge in [-0.3, -0.25) is 0 Å². The molecule has 6 heteroatoms. The molecule has 5 saturated carbocycles. The molecule has 5 aliphatic carbocycles. The molecular weight excluding hydrogens is 312 g/mol. The lowest BCUT2D eigenvalue weighted by Gasteiger charge is -2.37. The van der Waals surface area contributed by atoms with E-state index in [9.17, 15) is 30.6 Å². The molecule has 6 nitrogen and oxygen atoms in total. The SMILES string of the molecule is OC1C(O)C2(O)C3(CCCCC3)C2(O)C2(O)C3(CCCCC3)C12O. The van der Waals surface area contributed by atoms with Crippen LogP contribution in [0.15, 0.2) is 0 Å². The van der Waals surface area contributed by atoms with Gasteiger partial charge in [0, 0.05) is 10.8 Å². The number of hydrogen-bond donors (Lipinski definition) is 6. The number of fused-ring (bicyclic) bond motifs is 7. The highest BCUT2D eigenvalue weighted by Crippen LogP contribution is 2.91. The number of rotatable bonds is 0. The van der Waals surface area contributed by atoms with Gasteiger partial charge in [-0.1, -0.05) is 38.5 Å². The average Bonchev–Trinajstić information content (AvgIpc) is 3.23. The van der Waals surface area contributed by atoms with Crippen LogP contribution in [-0.2, 0) is 0 Å². The summed E-state index contributed by atoms with van der Waals surface area (Å²) >= 11 is 0. The van der Waals surface area contributed by atoms with Crippen molar-refractivity contribution in [2.45, 2.75) is 98.8 Å². The molecule has 0 radical (unpaired) electrons. The normalized spacial score (nSPS) is 59.8. The van der Waals surface area contributed by atoms with Crippen LogP contribution in [0.3, 0.4) is 0 Å². The van der Waals surface area contributed by atoms with Crippen molar-refractivity contribution < 1.29 is 30.6 Å². The first kappa shape index (κ1) is 16.0. The molecule has 6 N–H and O–H groups in total. The van der Waals surface area contributed by atoms with Crippen LogP contribution in [0.25, 0.3) is 0 Å². The van der Waals surface area contributed by atoms with Crippen molar-refractivity contribution in [3.05, 3.63) is 0 Å². The predicted molar refractivity (Wildman–Crippen MR) is 82.8 cm³/mol. The lowest BCUT2D eigenvalue weighted by molar-refractivity contribution is -0.223. The van der Waals surface area contributed by atoms with E-state index in [1.807, 2.05) is 0 Å². The summed E-state index contributed by atoms with van der Waals surface area (Å²) in [7, 11) is 0. The van der Waals surface area contributed by atoms with Crippen LogP contribution >= 0.6 is 0 Å². The number of aliphatic hydroxyl groups is 6. The highest BCUT2D eigenvalue weighted by atomic mass is 16.5. The van der Waals surface area contributed by atoms with Crippen LogP contribution in [0.4, 0.5) is 0 Å². The summed E-state index contributed by atoms with van der Waals surface area (Å²) in [4.78, 5) is 0. The maximum absolute atomic E-state index is 11.6. The summed E-state index contributed by atoms with van der Waals surface area (Å²) in [5.74, 6) is 0. The van der Waals surface area contributed by atoms with E-state index in [0.717, 1.165) is 38.5 Å². The van der Waals surface area contributed by atoms with Crippen LogP contribution in [0, 0.1) is 10.8 Å². The minimum atomic E-state index is -1.95. The second-order valence-electron chi connectivity index (χ2n) is 9.13. The predicted octanol–water partition coefficient (Wildman–Crippen LogP) is -0.426. The topological polar surface area (TPSA) is 121 Å². The molecule has 0 aromatic heterocycles. The van der Waals surface area contributed by atoms with Crippen LogP contribution in [0.5, 0.6) is 0 Å². The second-order valence-corrected chi connectivity index (χ2v) is 9.13. The zero-order chi connectivity index (χ0) is 17.2. The Morgan fingerprint density at radius 2 is 0.792 bits per heavy atom. The van der Waals surface area contributed by atoms with E-state index in [1.54, 1.807) is 0 Å². The molecule has 6 unspecified atom stereocenters. The minimum absolute atomic E-state index is 0.498. The van der Waals surface area contributed by atoms with Crippen molar-refractivity contribution in [3.8, 4) is 0 Å². The molecule has 6 atom stereocenters. The molecule has 5 aliphatic rings. The van der Waals surface area contributed by atoms with Crippen molar-refractivity contribution in [2.75, 3.05) is 0 Å². The summed E-state index contributed by atoms with van der Waals surface area (Å²) in [5, 5.41) is 67.1. The fourth-order valence-electron chi connectivity index (χ4n) is 7.85. The van der Waals surface area contributed by atoms with E-state index in [2.05, 4.69) is 0 Å². The molecule has 5 rings (SSSR count). The zero-order valence-corrected chi connectivity index (χ0v) is 13.9. The van der Waals surface area contributed by atoms with E-state index < -0.39 is 45.4 Å². The van der Waals surface area contributed by atoms with E-state index in [-0.39, 0.29) is 0 Å². The van der Waals surface area contributed by atoms with Gasteiger partial charge in [-0.2, -0.15) is 0 Å². The Hall–Kier alpha value is -0.240. The van der Waals surface area contributed by atoms with Gasteiger partial charge in [0.1, 0.15) is 34.6 Å². The Labute approximate surface area is 141 Å². The van der Waals surface area contributed by atoms with Gasteiger partial charge in [-0.25, -0.2) is 0 Å². The van der Waals surface area contributed by atoms with Gasteiger partial charge in [0.2, 0.25) is 0 Å². The molecule has 0 amide bonds. The standard InChI is InChI=1S/C18H28O6/c19-11-12(20)16(22)14(9-5-2-6-10-14)18(16,24)17(23)13(15(11,17)21)7-3-1-4-8-13/h11-12,19-24H,1-10H2. The third kappa shape index (κ3) is 1.04. The van der Waals surface area contributed by atoms with E-state index >= 15 is 0 Å². The largest absolute Gasteiger partial charge is 0.387 e. The van der Waals surface area contributed by atoms with Gasteiger partial charge in [0.05, 0.1) is 0 Å². The van der Waals surface area contributed by atoms with Crippen molar-refractivity contribution in [2.24, 2.45) is 10.8 Å². The molecule has 0 aromatic carbocycles. The number of aliphatic hydroxyl groups excluding tert-OH is 2. The Bertz CT molecular complexity index is 532. The second kappa shape index (κ2) is 4.02. The quantitative estimate of drug-likeness (QED) is 0.356. The van der Waals surface area contributed by atoms with Gasteiger partial charge in [-0.05, 0) is 25.7 Å². The van der Waals surface area contributed by atoms with Crippen LogP contribution in [0.2, 0.25) is 0 Å². The summed E-state index contributed by atoms with van der Waals surface area (Å²) in [6.07, 6.45) is 3.88. The first-order chi connectivity index (χ1) is 11.2. The molecule has 24 heavy (non-hydrogen) atoms. The first-order valence-corrected chi connectivity index (χ1v) is 9.49. The molecular formula is C18H28O6. The Balaban J connectivity index is 1.71. The molecule has 136 valence electrons. The molecule has 5 fully saturated rings. The Morgan fingerprint density at radius 3 is 1.08 bits per heavy atom. The highest BCUT2D eigenvalue weighted by Gasteiger charge is 3.11. The van der Waals surface area contributed by atoms with Crippen molar-refractivity contribution in [1.82, 2.24) is 0 Å². The first-order valence-electron chi connectivity index (χ1n) is 9.49. The smallest absolute Gasteiger partial charge is 0.137 e. The lowest BCUT2D eigenvalue weighted by Crippen LogP contribution is -2.63.